The first-order valence-corrected chi connectivity index (χ1v) is 6.64. The maximum atomic E-state index is 5.64. The van der Waals surface area contributed by atoms with Gasteiger partial charge in [-0.3, -0.25) is 0 Å². The molecule has 0 aliphatic carbocycles. The normalized spacial score (nSPS) is 11.3. The Morgan fingerprint density at radius 1 is 0.952 bits per heavy atom. The molecule has 3 nitrogen and oxygen atoms in total. The summed E-state index contributed by atoms with van der Waals surface area (Å²) in [5.74, 6) is 7.06. The maximum absolute atomic E-state index is 5.64. The molecule has 0 aliphatic rings. The van der Waals surface area contributed by atoms with E-state index in [1.54, 1.807) is 14.2 Å². The second-order valence-corrected chi connectivity index (χ2v) is 4.36. The molecule has 0 aromatic heterocycles. The average molecular weight is 282 g/mol. The van der Waals surface area contributed by atoms with Gasteiger partial charge in [0, 0.05) is 12.7 Å². The minimum atomic E-state index is -0.337. The van der Waals surface area contributed by atoms with Crippen LogP contribution in [0.3, 0.4) is 0 Å². The molecule has 3 heteroatoms. The largest absolute Gasteiger partial charge is 0.497 e. The lowest BCUT2D eigenvalue weighted by Gasteiger charge is -2.12. The standard InChI is InChI=1S/C18H18O3/c1-19-14-21-18(13-8-15-6-4-3-5-7-15)16-9-11-17(20-2)12-10-16/h3-7,9-12,18H,14H2,1-2H3. The highest BCUT2D eigenvalue weighted by Crippen LogP contribution is 2.20. The smallest absolute Gasteiger partial charge is 0.148 e. The zero-order valence-corrected chi connectivity index (χ0v) is 12.2. The lowest BCUT2D eigenvalue weighted by atomic mass is 10.1. The summed E-state index contributed by atoms with van der Waals surface area (Å²) in [4.78, 5) is 0. The number of hydrogen-bond acceptors (Lipinski definition) is 3. The van der Waals surface area contributed by atoms with Gasteiger partial charge in [-0.2, -0.15) is 0 Å². The van der Waals surface area contributed by atoms with Gasteiger partial charge in [-0.05, 0) is 29.8 Å². The van der Waals surface area contributed by atoms with Crippen molar-refractivity contribution in [1.82, 2.24) is 0 Å². The highest BCUT2D eigenvalue weighted by Gasteiger charge is 2.08. The fraction of sp³-hybridized carbons (Fsp3) is 0.222. The van der Waals surface area contributed by atoms with Gasteiger partial charge in [-0.1, -0.05) is 42.2 Å². The average Bonchev–Trinajstić information content (AvgIpc) is 2.56. The Morgan fingerprint density at radius 2 is 1.67 bits per heavy atom. The van der Waals surface area contributed by atoms with Crippen molar-refractivity contribution >= 4 is 0 Å². The second-order valence-electron chi connectivity index (χ2n) is 4.36. The van der Waals surface area contributed by atoms with Crippen LogP contribution in [-0.4, -0.2) is 21.0 Å². The van der Waals surface area contributed by atoms with Crippen molar-refractivity contribution in [2.45, 2.75) is 6.10 Å². The number of methoxy groups -OCH3 is 2. The van der Waals surface area contributed by atoms with Crippen molar-refractivity contribution in [2.24, 2.45) is 0 Å². The first-order chi connectivity index (χ1) is 10.3. The van der Waals surface area contributed by atoms with Gasteiger partial charge >= 0.3 is 0 Å². The van der Waals surface area contributed by atoms with Gasteiger partial charge in [0.25, 0.3) is 0 Å². The summed E-state index contributed by atoms with van der Waals surface area (Å²) in [5.41, 5.74) is 1.92. The first-order valence-electron chi connectivity index (χ1n) is 6.64. The molecule has 0 radical (unpaired) electrons. The number of rotatable bonds is 5. The summed E-state index contributed by atoms with van der Waals surface area (Å²) in [5, 5.41) is 0. The van der Waals surface area contributed by atoms with E-state index in [-0.39, 0.29) is 12.9 Å². The summed E-state index contributed by atoms with van der Waals surface area (Å²) < 4.78 is 15.8. The molecule has 2 aromatic rings. The van der Waals surface area contributed by atoms with E-state index in [0.717, 1.165) is 16.9 Å². The quantitative estimate of drug-likeness (QED) is 0.621. The van der Waals surface area contributed by atoms with E-state index in [9.17, 15) is 0 Å². The minimum Gasteiger partial charge on any atom is -0.497 e. The predicted molar refractivity (Wildman–Crippen MR) is 82.0 cm³/mol. The molecule has 108 valence electrons. The van der Waals surface area contributed by atoms with Crippen LogP contribution in [-0.2, 0) is 9.47 Å². The summed E-state index contributed by atoms with van der Waals surface area (Å²) in [6, 6.07) is 17.5. The fourth-order valence-corrected chi connectivity index (χ4v) is 1.81. The Labute approximate surface area is 125 Å². The summed E-state index contributed by atoms with van der Waals surface area (Å²) >= 11 is 0. The molecule has 1 unspecified atom stereocenters. The van der Waals surface area contributed by atoms with Crippen molar-refractivity contribution in [3.63, 3.8) is 0 Å². The van der Waals surface area contributed by atoms with E-state index in [1.165, 1.54) is 0 Å². The molecule has 1 atom stereocenters. The highest BCUT2D eigenvalue weighted by atomic mass is 16.7. The Morgan fingerprint density at radius 3 is 2.29 bits per heavy atom. The maximum Gasteiger partial charge on any atom is 0.148 e. The Balaban J connectivity index is 2.19. The molecular weight excluding hydrogens is 264 g/mol. The molecule has 0 saturated carbocycles. The van der Waals surface area contributed by atoms with Crippen molar-refractivity contribution in [1.29, 1.82) is 0 Å². The van der Waals surface area contributed by atoms with Crippen LogP contribution in [0.5, 0.6) is 5.75 Å². The third-order valence-corrected chi connectivity index (χ3v) is 2.89. The summed E-state index contributed by atoms with van der Waals surface area (Å²) in [6.45, 7) is 0.195. The van der Waals surface area contributed by atoms with Crippen LogP contribution in [0.4, 0.5) is 0 Å². The lowest BCUT2D eigenvalue weighted by molar-refractivity contribution is -0.0535. The topological polar surface area (TPSA) is 27.7 Å². The summed E-state index contributed by atoms with van der Waals surface area (Å²) in [6.07, 6.45) is -0.337. The van der Waals surface area contributed by atoms with Crippen LogP contribution in [0.25, 0.3) is 0 Å². The molecular formula is C18H18O3. The summed E-state index contributed by atoms with van der Waals surface area (Å²) in [7, 11) is 3.23. The zero-order valence-electron chi connectivity index (χ0n) is 12.2. The van der Waals surface area contributed by atoms with Gasteiger partial charge < -0.3 is 14.2 Å². The number of hydrogen-bond donors (Lipinski definition) is 0. The van der Waals surface area contributed by atoms with E-state index < -0.39 is 0 Å². The molecule has 2 rings (SSSR count). The number of ether oxygens (including phenoxy) is 3. The molecule has 21 heavy (non-hydrogen) atoms. The van der Waals surface area contributed by atoms with Crippen LogP contribution in [0, 0.1) is 11.8 Å². The van der Waals surface area contributed by atoms with E-state index in [4.69, 9.17) is 14.2 Å². The van der Waals surface area contributed by atoms with Crippen molar-refractivity contribution < 1.29 is 14.2 Å². The highest BCUT2D eigenvalue weighted by molar-refractivity contribution is 5.38. The Kier molecular flexibility index (Phi) is 5.83. The van der Waals surface area contributed by atoms with E-state index in [2.05, 4.69) is 11.8 Å². The van der Waals surface area contributed by atoms with Gasteiger partial charge in [0.1, 0.15) is 18.6 Å². The van der Waals surface area contributed by atoms with Gasteiger partial charge in [-0.15, -0.1) is 0 Å². The molecule has 0 aliphatic heterocycles. The minimum absolute atomic E-state index is 0.195. The molecule has 0 spiro atoms. The van der Waals surface area contributed by atoms with Gasteiger partial charge in [-0.25, -0.2) is 0 Å². The molecule has 0 fully saturated rings. The zero-order chi connectivity index (χ0) is 14.9. The van der Waals surface area contributed by atoms with E-state index >= 15 is 0 Å². The third-order valence-electron chi connectivity index (χ3n) is 2.89. The van der Waals surface area contributed by atoms with Crippen LogP contribution >= 0.6 is 0 Å². The first kappa shape index (κ1) is 15.1. The van der Waals surface area contributed by atoms with Crippen LogP contribution < -0.4 is 4.74 Å². The van der Waals surface area contributed by atoms with Gasteiger partial charge in [0.2, 0.25) is 0 Å². The van der Waals surface area contributed by atoms with E-state index in [1.807, 2.05) is 54.6 Å². The molecule has 0 heterocycles. The van der Waals surface area contributed by atoms with Crippen LogP contribution in [0.1, 0.15) is 17.2 Å². The Hall–Kier alpha value is -2.28. The van der Waals surface area contributed by atoms with Crippen molar-refractivity contribution in [2.75, 3.05) is 21.0 Å². The molecule has 0 bridgehead atoms. The lowest BCUT2D eigenvalue weighted by Crippen LogP contribution is -2.05. The second kappa shape index (κ2) is 8.11. The monoisotopic (exact) mass is 282 g/mol. The van der Waals surface area contributed by atoms with Gasteiger partial charge in [0.05, 0.1) is 7.11 Å². The molecule has 0 N–H and O–H groups in total. The van der Waals surface area contributed by atoms with Crippen LogP contribution in [0.15, 0.2) is 54.6 Å². The SMILES string of the molecule is COCOC(C#Cc1ccccc1)c1ccc(OC)cc1. The van der Waals surface area contributed by atoms with Gasteiger partial charge in [0.15, 0.2) is 0 Å². The predicted octanol–water partition coefficient (Wildman–Crippen LogP) is 3.41. The fourth-order valence-electron chi connectivity index (χ4n) is 1.81. The Bertz CT molecular complexity index is 594. The molecule has 0 amide bonds. The van der Waals surface area contributed by atoms with Crippen LogP contribution in [0.2, 0.25) is 0 Å². The molecule has 0 saturated heterocycles. The number of benzene rings is 2. The van der Waals surface area contributed by atoms with Crippen molar-refractivity contribution in [3.8, 4) is 17.6 Å². The third kappa shape index (κ3) is 4.64. The molecule has 2 aromatic carbocycles. The van der Waals surface area contributed by atoms with E-state index in [0.29, 0.717) is 0 Å². The van der Waals surface area contributed by atoms with Crippen molar-refractivity contribution in [3.05, 3.63) is 65.7 Å².